The van der Waals surface area contributed by atoms with E-state index in [0.717, 1.165) is 0 Å². The highest BCUT2D eigenvalue weighted by atomic mass is 32.2. The van der Waals surface area contributed by atoms with Crippen LogP contribution in [0.1, 0.15) is 5.56 Å². The van der Waals surface area contributed by atoms with Crippen LogP contribution in [-0.4, -0.2) is 24.1 Å². The highest BCUT2D eigenvalue weighted by molar-refractivity contribution is 7.89. The number of carbonyl (C=O) groups is 1. The summed E-state index contributed by atoms with van der Waals surface area (Å²) >= 11 is 0. The molecule has 0 fully saturated rings. The number of carbonyl (C=O) groups excluding carboxylic acids is 1. The summed E-state index contributed by atoms with van der Waals surface area (Å²) < 4.78 is 23.9. The van der Waals surface area contributed by atoms with Gasteiger partial charge in [0, 0.05) is 24.5 Å². The zero-order chi connectivity index (χ0) is 17.0. The van der Waals surface area contributed by atoms with Crippen molar-refractivity contribution in [2.24, 2.45) is 12.2 Å². The van der Waals surface area contributed by atoms with Gasteiger partial charge in [0.25, 0.3) is 5.91 Å². The molecule has 1 heterocycles. The van der Waals surface area contributed by atoms with E-state index in [2.05, 4.69) is 10.4 Å². The van der Waals surface area contributed by atoms with Gasteiger partial charge in [-0.2, -0.15) is 10.4 Å². The van der Waals surface area contributed by atoms with Gasteiger partial charge in [-0.25, -0.2) is 13.6 Å². The smallest absolute Gasteiger partial charge is 0.266 e. The first-order valence-electron chi connectivity index (χ1n) is 6.34. The highest BCUT2D eigenvalue weighted by Gasteiger charge is 2.11. The SMILES string of the molecule is Cn1cc(/C=C(\C#N)C(=O)Nc2ccc(S(N)(=O)=O)cc2)cn1. The molecule has 2 aromatic rings. The van der Waals surface area contributed by atoms with E-state index in [1.807, 2.05) is 6.07 Å². The average molecular weight is 331 g/mol. The molecular formula is C14H13N5O3S. The Balaban J connectivity index is 2.17. The lowest BCUT2D eigenvalue weighted by Crippen LogP contribution is -2.14. The summed E-state index contributed by atoms with van der Waals surface area (Å²) in [7, 11) is -2.07. The number of primary sulfonamides is 1. The van der Waals surface area contributed by atoms with Gasteiger partial charge < -0.3 is 5.32 Å². The van der Waals surface area contributed by atoms with Crippen LogP contribution in [0, 0.1) is 11.3 Å². The van der Waals surface area contributed by atoms with Crippen molar-refractivity contribution in [3.63, 3.8) is 0 Å². The first-order chi connectivity index (χ1) is 10.8. The summed E-state index contributed by atoms with van der Waals surface area (Å²) in [5.74, 6) is -0.611. The number of rotatable bonds is 4. The molecule has 0 radical (unpaired) electrons. The number of nitriles is 1. The Hall–Kier alpha value is -2.96. The van der Waals surface area contributed by atoms with Crippen LogP contribution >= 0.6 is 0 Å². The summed E-state index contributed by atoms with van der Waals surface area (Å²) in [6, 6.07) is 7.11. The van der Waals surface area contributed by atoms with Gasteiger partial charge in [-0.3, -0.25) is 9.48 Å². The second kappa shape index (κ2) is 6.43. The maximum Gasteiger partial charge on any atom is 0.266 e. The Morgan fingerprint density at radius 2 is 2.04 bits per heavy atom. The minimum absolute atomic E-state index is 0.0677. The molecule has 118 valence electrons. The molecular weight excluding hydrogens is 318 g/mol. The van der Waals surface area contributed by atoms with Gasteiger partial charge in [-0.1, -0.05) is 0 Å². The fourth-order valence-corrected chi connectivity index (χ4v) is 2.27. The van der Waals surface area contributed by atoms with E-state index in [-0.39, 0.29) is 10.5 Å². The summed E-state index contributed by atoms with van der Waals surface area (Å²) in [6.45, 7) is 0. The molecule has 9 heteroatoms. The Morgan fingerprint density at radius 3 is 2.52 bits per heavy atom. The first-order valence-corrected chi connectivity index (χ1v) is 7.89. The van der Waals surface area contributed by atoms with Crippen molar-refractivity contribution in [1.82, 2.24) is 9.78 Å². The Bertz CT molecular complexity index is 905. The summed E-state index contributed by atoms with van der Waals surface area (Å²) in [5, 5.41) is 20.5. The van der Waals surface area contributed by atoms with Crippen molar-refractivity contribution in [3.8, 4) is 6.07 Å². The summed E-state index contributed by atoms with van der Waals surface area (Å²) in [5.41, 5.74) is 0.854. The van der Waals surface area contributed by atoms with E-state index >= 15 is 0 Å². The van der Waals surface area contributed by atoms with Crippen molar-refractivity contribution < 1.29 is 13.2 Å². The number of amides is 1. The van der Waals surface area contributed by atoms with Gasteiger partial charge in [-0.05, 0) is 30.3 Å². The number of aryl methyl sites for hydroxylation is 1. The maximum absolute atomic E-state index is 12.1. The average Bonchev–Trinajstić information content (AvgIpc) is 2.89. The minimum atomic E-state index is -3.79. The fraction of sp³-hybridized carbons (Fsp3) is 0.0714. The van der Waals surface area contributed by atoms with Gasteiger partial charge in [0.05, 0.1) is 11.1 Å². The van der Waals surface area contributed by atoms with Crippen molar-refractivity contribution in [3.05, 3.63) is 47.8 Å². The number of hydrogen-bond acceptors (Lipinski definition) is 5. The second-order valence-electron chi connectivity index (χ2n) is 4.64. The number of sulfonamides is 1. The van der Waals surface area contributed by atoms with E-state index in [0.29, 0.717) is 11.3 Å². The first kappa shape index (κ1) is 16.4. The minimum Gasteiger partial charge on any atom is -0.321 e. The Kier molecular flexibility index (Phi) is 4.59. The maximum atomic E-state index is 12.1. The zero-order valence-electron chi connectivity index (χ0n) is 12.1. The molecule has 1 aromatic carbocycles. The van der Waals surface area contributed by atoms with Crippen LogP contribution in [0.2, 0.25) is 0 Å². The molecule has 0 bridgehead atoms. The van der Waals surface area contributed by atoms with Crippen LogP contribution in [0.3, 0.4) is 0 Å². The molecule has 0 unspecified atom stereocenters. The molecule has 1 aromatic heterocycles. The Labute approximate surface area is 132 Å². The lowest BCUT2D eigenvalue weighted by molar-refractivity contribution is -0.112. The molecule has 0 saturated carbocycles. The normalized spacial score (nSPS) is 11.8. The van der Waals surface area contributed by atoms with Crippen molar-refractivity contribution >= 4 is 27.7 Å². The standard InChI is InChI=1S/C14H13N5O3S/c1-19-9-10(8-17-19)6-11(7-15)14(20)18-12-2-4-13(5-3-12)23(16,21)22/h2-6,8-9H,1H3,(H,18,20)(H2,16,21,22)/b11-6+. The van der Waals surface area contributed by atoms with Gasteiger partial charge in [0.15, 0.2) is 0 Å². The van der Waals surface area contributed by atoms with Crippen LogP contribution in [0.4, 0.5) is 5.69 Å². The van der Waals surface area contributed by atoms with E-state index in [9.17, 15) is 13.2 Å². The molecule has 0 aliphatic carbocycles. The number of aromatic nitrogens is 2. The molecule has 0 aliphatic heterocycles. The van der Waals surface area contributed by atoms with E-state index < -0.39 is 15.9 Å². The third-order valence-electron chi connectivity index (χ3n) is 2.84. The molecule has 23 heavy (non-hydrogen) atoms. The number of nitrogens with two attached hydrogens (primary N) is 1. The molecule has 8 nitrogen and oxygen atoms in total. The van der Waals surface area contributed by atoms with Crippen LogP contribution in [0.25, 0.3) is 6.08 Å². The van der Waals surface area contributed by atoms with Crippen molar-refractivity contribution in [2.75, 3.05) is 5.32 Å². The number of benzene rings is 1. The van der Waals surface area contributed by atoms with Crippen molar-refractivity contribution in [1.29, 1.82) is 5.26 Å². The van der Waals surface area contributed by atoms with Crippen LogP contribution in [-0.2, 0) is 21.9 Å². The van der Waals surface area contributed by atoms with Crippen LogP contribution < -0.4 is 10.5 Å². The number of nitrogens with zero attached hydrogens (tertiary/aromatic N) is 3. The third-order valence-corrected chi connectivity index (χ3v) is 3.77. The molecule has 0 atom stereocenters. The number of nitrogens with one attached hydrogen (secondary N) is 1. The lowest BCUT2D eigenvalue weighted by Gasteiger charge is -2.05. The number of hydrogen-bond donors (Lipinski definition) is 2. The van der Waals surface area contributed by atoms with E-state index in [1.165, 1.54) is 36.5 Å². The zero-order valence-corrected chi connectivity index (χ0v) is 12.9. The van der Waals surface area contributed by atoms with Crippen LogP contribution in [0.15, 0.2) is 47.1 Å². The highest BCUT2D eigenvalue weighted by Crippen LogP contribution is 2.14. The molecule has 0 saturated heterocycles. The molecule has 1 amide bonds. The predicted octanol–water partition coefficient (Wildman–Crippen LogP) is 0.613. The topological polar surface area (TPSA) is 131 Å². The van der Waals surface area contributed by atoms with Gasteiger partial charge in [0.2, 0.25) is 10.0 Å². The van der Waals surface area contributed by atoms with Crippen LogP contribution in [0.5, 0.6) is 0 Å². The van der Waals surface area contributed by atoms with Gasteiger partial charge in [0.1, 0.15) is 11.6 Å². The monoisotopic (exact) mass is 331 g/mol. The number of anilines is 1. The third kappa shape index (κ3) is 4.26. The molecule has 3 N–H and O–H groups in total. The summed E-state index contributed by atoms with van der Waals surface area (Å²) in [6.07, 6.45) is 4.58. The molecule has 2 rings (SSSR count). The lowest BCUT2D eigenvalue weighted by atomic mass is 10.2. The molecule has 0 spiro atoms. The predicted molar refractivity (Wildman–Crippen MR) is 83.2 cm³/mol. The van der Waals surface area contributed by atoms with E-state index in [1.54, 1.807) is 17.9 Å². The quantitative estimate of drug-likeness (QED) is 0.626. The fourth-order valence-electron chi connectivity index (χ4n) is 1.76. The van der Waals surface area contributed by atoms with Gasteiger partial charge in [-0.15, -0.1) is 0 Å². The second-order valence-corrected chi connectivity index (χ2v) is 6.20. The van der Waals surface area contributed by atoms with E-state index in [4.69, 9.17) is 10.4 Å². The largest absolute Gasteiger partial charge is 0.321 e. The van der Waals surface area contributed by atoms with Crippen molar-refractivity contribution in [2.45, 2.75) is 4.90 Å². The van der Waals surface area contributed by atoms with Gasteiger partial charge >= 0.3 is 0 Å². The molecule has 0 aliphatic rings. The summed E-state index contributed by atoms with van der Waals surface area (Å²) in [4.78, 5) is 12.0. The Morgan fingerprint density at radius 1 is 1.39 bits per heavy atom.